The topological polar surface area (TPSA) is 63.2 Å². The number of thiocarbonyl (C=S) groups is 1. The first-order chi connectivity index (χ1) is 10.7. The Kier molecular flexibility index (Phi) is 5.85. The average molecular weight is 315 g/mol. The second kappa shape index (κ2) is 8.09. The predicted molar refractivity (Wildman–Crippen MR) is 89.7 cm³/mol. The SMILES string of the molecule is CCOC(=O)c1cccc(NC(=S)NCc2ccncc2)c1. The number of aromatic nitrogens is 1. The quantitative estimate of drug-likeness (QED) is 0.653. The highest BCUT2D eigenvalue weighted by Gasteiger charge is 2.07. The first-order valence-corrected chi connectivity index (χ1v) is 7.31. The highest BCUT2D eigenvalue weighted by molar-refractivity contribution is 7.80. The zero-order valence-electron chi connectivity index (χ0n) is 12.2. The van der Waals surface area contributed by atoms with E-state index in [-0.39, 0.29) is 5.97 Å². The second-order valence-electron chi connectivity index (χ2n) is 4.46. The Bertz CT molecular complexity index is 647. The number of pyridine rings is 1. The van der Waals surface area contributed by atoms with Crippen LogP contribution in [0, 0.1) is 0 Å². The molecule has 0 aliphatic carbocycles. The molecule has 2 aromatic rings. The molecule has 0 radical (unpaired) electrons. The molecular formula is C16H17N3O2S. The summed E-state index contributed by atoms with van der Waals surface area (Å²) in [5.74, 6) is -0.346. The Hall–Kier alpha value is -2.47. The van der Waals surface area contributed by atoms with Gasteiger partial charge in [0.15, 0.2) is 5.11 Å². The molecule has 5 nitrogen and oxygen atoms in total. The fraction of sp³-hybridized carbons (Fsp3) is 0.188. The highest BCUT2D eigenvalue weighted by atomic mass is 32.1. The Morgan fingerprint density at radius 3 is 2.77 bits per heavy atom. The van der Waals surface area contributed by atoms with Gasteiger partial charge in [-0.1, -0.05) is 6.07 Å². The van der Waals surface area contributed by atoms with Crippen LogP contribution in [0.1, 0.15) is 22.8 Å². The van der Waals surface area contributed by atoms with Crippen molar-refractivity contribution in [3.05, 3.63) is 59.9 Å². The number of anilines is 1. The predicted octanol–water partition coefficient (Wildman–Crippen LogP) is 2.74. The lowest BCUT2D eigenvalue weighted by atomic mass is 10.2. The Morgan fingerprint density at radius 2 is 2.05 bits per heavy atom. The fourth-order valence-corrected chi connectivity index (χ4v) is 1.99. The summed E-state index contributed by atoms with van der Waals surface area (Å²) in [4.78, 5) is 15.7. The summed E-state index contributed by atoms with van der Waals surface area (Å²) in [6.45, 7) is 2.73. The van der Waals surface area contributed by atoms with E-state index in [0.717, 1.165) is 11.3 Å². The third-order valence-electron chi connectivity index (χ3n) is 2.83. The molecular weight excluding hydrogens is 298 g/mol. The Morgan fingerprint density at radius 1 is 1.27 bits per heavy atom. The van der Waals surface area contributed by atoms with E-state index in [2.05, 4.69) is 15.6 Å². The van der Waals surface area contributed by atoms with Crippen LogP contribution in [0.5, 0.6) is 0 Å². The van der Waals surface area contributed by atoms with Crippen molar-refractivity contribution in [2.75, 3.05) is 11.9 Å². The molecule has 1 heterocycles. The standard InChI is InChI=1S/C16H17N3O2S/c1-2-21-15(20)13-4-3-5-14(10-13)19-16(22)18-11-12-6-8-17-9-7-12/h3-10H,2,11H2,1H3,(H2,18,19,22). The number of nitrogens with zero attached hydrogens (tertiary/aromatic N) is 1. The summed E-state index contributed by atoms with van der Waals surface area (Å²) in [5, 5.41) is 6.63. The number of ether oxygens (including phenoxy) is 1. The van der Waals surface area contributed by atoms with Crippen LogP contribution in [0.3, 0.4) is 0 Å². The number of hydrogen-bond donors (Lipinski definition) is 2. The van der Waals surface area contributed by atoms with Crippen LogP contribution in [0.15, 0.2) is 48.8 Å². The van der Waals surface area contributed by atoms with Crippen LogP contribution >= 0.6 is 12.2 Å². The van der Waals surface area contributed by atoms with Gasteiger partial charge in [0.25, 0.3) is 0 Å². The summed E-state index contributed by atoms with van der Waals surface area (Å²) in [7, 11) is 0. The van der Waals surface area contributed by atoms with Crippen LogP contribution in [-0.4, -0.2) is 22.7 Å². The van der Waals surface area contributed by atoms with Gasteiger partial charge >= 0.3 is 5.97 Å². The van der Waals surface area contributed by atoms with Crippen LogP contribution in [0.4, 0.5) is 5.69 Å². The maximum absolute atomic E-state index is 11.7. The van der Waals surface area contributed by atoms with Gasteiger partial charge in [0.05, 0.1) is 12.2 Å². The van der Waals surface area contributed by atoms with Gasteiger partial charge in [-0.15, -0.1) is 0 Å². The third kappa shape index (κ3) is 4.82. The number of benzene rings is 1. The highest BCUT2D eigenvalue weighted by Crippen LogP contribution is 2.11. The lowest BCUT2D eigenvalue weighted by molar-refractivity contribution is 0.0526. The van der Waals surface area contributed by atoms with Gasteiger partial charge < -0.3 is 15.4 Å². The molecule has 0 aliphatic heterocycles. The first kappa shape index (κ1) is 15.9. The summed E-state index contributed by atoms with van der Waals surface area (Å²) in [6, 6.07) is 10.9. The minimum absolute atomic E-state index is 0.346. The van der Waals surface area contributed by atoms with E-state index in [0.29, 0.717) is 23.8 Å². The van der Waals surface area contributed by atoms with E-state index >= 15 is 0 Å². The zero-order chi connectivity index (χ0) is 15.8. The van der Waals surface area contributed by atoms with Gasteiger partial charge in [0, 0.05) is 24.6 Å². The largest absolute Gasteiger partial charge is 0.462 e. The molecule has 114 valence electrons. The summed E-state index contributed by atoms with van der Waals surface area (Å²) < 4.78 is 4.97. The minimum atomic E-state index is -0.346. The summed E-state index contributed by atoms with van der Waals surface area (Å²) in [6.07, 6.45) is 3.46. The normalized spacial score (nSPS) is 9.86. The molecule has 1 aromatic heterocycles. The van der Waals surface area contributed by atoms with E-state index in [4.69, 9.17) is 17.0 Å². The number of carbonyl (C=O) groups excluding carboxylic acids is 1. The molecule has 0 bridgehead atoms. The molecule has 0 aliphatic rings. The van der Waals surface area contributed by atoms with Crippen LogP contribution < -0.4 is 10.6 Å². The minimum Gasteiger partial charge on any atom is -0.462 e. The molecule has 2 N–H and O–H groups in total. The van der Waals surface area contributed by atoms with Gasteiger partial charge in [-0.05, 0) is 55.0 Å². The molecule has 1 aromatic carbocycles. The Labute approximate surface area is 134 Å². The zero-order valence-corrected chi connectivity index (χ0v) is 13.0. The smallest absolute Gasteiger partial charge is 0.338 e. The molecule has 0 saturated heterocycles. The van der Waals surface area contributed by atoms with Gasteiger partial charge in [-0.3, -0.25) is 4.98 Å². The molecule has 0 fully saturated rings. The van der Waals surface area contributed by atoms with Crippen molar-refractivity contribution in [2.24, 2.45) is 0 Å². The van der Waals surface area contributed by atoms with Crippen molar-refractivity contribution in [1.82, 2.24) is 10.3 Å². The maximum atomic E-state index is 11.7. The van der Waals surface area contributed by atoms with Crippen LogP contribution in [0.25, 0.3) is 0 Å². The van der Waals surface area contributed by atoms with Gasteiger partial charge in [-0.2, -0.15) is 0 Å². The summed E-state index contributed by atoms with van der Waals surface area (Å²) >= 11 is 5.24. The van der Waals surface area contributed by atoms with Crippen molar-refractivity contribution in [3.8, 4) is 0 Å². The van der Waals surface area contributed by atoms with E-state index in [1.165, 1.54) is 0 Å². The van der Waals surface area contributed by atoms with Crippen molar-refractivity contribution in [3.63, 3.8) is 0 Å². The Balaban J connectivity index is 1.91. The molecule has 22 heavy (non-hydrogen) atoms. The lowest BCUT2D eigenvalue weighted by Crippen LogP contribution is -2.27. The number of esters is 1. The monoisotopic (exact) mass is 315 g/mol. The molecule has 6 heteroatoms. The number of rotatable bonds is 5. The number of hydrogen-bond acceptors (Lipinski definition) is 4. The summed E-state index contributed by atoms with van der Waals surface area (Å²) in [5.41, 5.74) is 2.31. The molecule has 0 unspecified atom stereocenters. The maximum Gasteiger partial charge on any atom is 0.338 e. The van der Waals surface area contributed by atoms with E-state index in [1.807, 2.05) is 18.2 Å². The van der Waals surface area contributed by atoms with Gasteiger partial charge in [0.2, 0.25) is 0 Å². The number of carbonyl (C=O) groups is 1. The molecule has 0 spiro atoms. The number of nitrogens with one attached hydrogen (secondary N) is 2. The van der Waals surface area contributed by atoms with Crippen molar-refractivity contribution >= 4 is 29.0 Å². The van der Waals surface area contributed by atoms with E-state index < -0.39 is 0 Å². The van der Waals surface area contributed by atoms with Crippen molar-refractivity contribution < 1.29 is 9.53 Å². The van der Waals surface area contributed by atoms with Crippen LogP contribution in [0.2, 0.25) is 0 Å². The fourth-order valence-electron chi connectivity index (χ4n) is 1.80. The van der Waals surface area contributed by atoms with E-state index in [9.17, 15) is 4.79 Å². The van der Waals surface area contributed by atoms with Crippen molar-refractivity contribution in [1.29, 1.82) is 0 Å². The second-order valence-corrected chi connectivity index (χ2v) is 4.87. The molecule has 2 rings (SSSR count). The molecule has 0 amide bonds. The van der Waals surface area contributed by atoms with Gasteiger partial charge in [-0.25, -0.2) is 4.79 Å². The third-order valence-corrected chi connectivity index (χ3v) is 3.08. The van der Waals surface area contributed by atoms with Crippen molar-refractivity contribution in [2.45, 2.75) is 13.5 Å². The molecule has 0 saturated carbocycles. The lowest BCUT2D eigenvalue weighted by Gasteiger charge is -2.11. The molecule has 0 atom stereocenters. The first-order valence-electron chi connectivity index (χ1n) is 6.90. The van der Waals surface area contributed by atoms with E-state index in [1.54, 1.807) is 37.5 Å². The van der Waals surface area contributed by atoms with Gasteiger partial charge in [0.1, 0.15) is 0 Å². The average Bonchev–Trinajstić information content (AvgIpc) is 2.54. The van der Waals surface area contributed by atoms with Crippen LogP contribution in [-0.2, 0) is 11.3 Å².